The molecule has 1 aliphatic rings. The summed E-state index contributed by atoms with van der Waals surface area (Å²) < 4.78 is 8.91. The SMILES string of the molecule is ON(O)C(C1CCCCC1)n1oo1. The first-order chi connectivity index (χ1) is 6.29. The van der Waals surface area contributed by atoms with Crippen molar-refractivity contribution in [1.29, 1.82) is 0 Å². The number of nitrogens with zero attached hydrogens (tertiary/aromatic N) is 2. The van der Waals surface area contributed by atoms with Gasteiger partial charge in [0, 0.05) is 10.8 Å². The fourth-order valence-electron chi connectivity index (χ4n) is 1.98. The van der Waals surface area contributed by atoms with Crippen molar-refractivity contribution in [3.63, 3.8) is 0 Å². The van der Waals surface area contributed by atoms with Gasteiger partial charge in [0.25, 0.3) is 0 Å². The molecule has 1 aromatic heterocycles. The van der Waals surface area contributed by atoms with E-state index >= 15 is 0 Å². The van der Waals surface area contributed by atoms with Gasteiger partial charge < -0.3 is 0 Å². The second kappa shape index (κ2) is 3.57. The van der Waals surface area contributed by atoms with E-state index < -0.39 is 6.17 Å². The highest BCUT2D eigenvalue weighted by atomic mass is 17.3. The summed E-state index contributed by atoms with van der Waals surface area (Å²) in [5, 5.41) is 18.1. The third-order valence-electron chi connectivity index (χ3n) is 2.68. The summed E-state index contributed by atoms with van der Waals surface area (Å²) in [6.45, 7) is 0. The van der Waals surface area contributed by atoms with E-state index in [9.17, 15) is 0 Å². The van der Waals surface area contributed by atoms with E-state index in [2.05, 4.69) is 9.36 Å². The Balaban J connectivity index is 1.98. The Kier molecular flexibility index (Phi) is 2.43. The molecule has 1 aliphatic carbocycles. The number of aromatic nitrogens is 1. The van der Waals surface area contributed by atoms with Gasteiger partial charge in [-0.2, -0.15) is 0 Å². The molecule has 0 aromatic carbocycles. The summed E-state index contributed by atoms with van der Waals surface area (Å²) in [5.41, 5.74) is 0. The van der Waals surface area contributed by atoms with Crippen LogP contribution in [0.5, 0.6) is 0 Å². The molecular formula is C7H14N2O4. The third kappa shape index (κ3) is 1.96. The Labute approximate surface area is 75.1 Å². The Morgan fingerprint density at radius 1 is 1.15 bits per heavy atom. The van der Waals surface area contributed by atoms with Crippen molar-refractivity contribution >= 4 is 0 Å². The van der Waals surface area contributed by atoms with Crippen LogP contribution in [0.3, 0.4) is 0 Å². The van der Waals surface area contributed by atoms with Crippen molar-refractivity contribution in [2.45, 2.75) is 38.3 Å². The van der Waals surface area contributed by atoms with Gasteiger partial charge in [-0.1, -0.05) is 19.3 Å². The van der Waals surface area contributed by atoms with Crippen molar-refractivity contribution in [3.8, 4) is 0 Å². The highest BCUT2D eigenvalue weighted by Gasteiger charge is 2.35. The van der Waals surface area contributed by atoms with Crippen LogP contribution in [0.25, 0.3) is 0 Å². The molecule has 1 fully saturated rings. The van der Waals surface area contributed by atoms with Crippen LogP contribution < -0.4 is 0 Å². The van der Waals surface area contributed by atoms with Gasteiger partial charge in [-0.3, -0.25) is 10.4 Å². The van der Waals surface area contributed by atoms with Gasteiger partial charge in [-0.05, 0) is 18.1 Å². The van der Waals surface area contributed by atoms with Gasteiger partial charge in [0.05, 0.1) is 0 Å². The molecule has 76 valence electrons. The lowest BCUT2D eigenvalue weighted by molar-refractivity contribution is -0.362. The van der Waals surface area contributed by atoms with Crippen LogP contribution in [0, 0.1) is 5.92 Å². The maximum Gasteiger partial charge on any atom is 0.214 e. The first kappa shape index (κ1) is 8.86. The van der Waals surface area contributed by atoms with Crippen LogP contribution in [0.1, 0.15) is 38.3 Å². The summed E-state index contributed by atoms with van der Waals surface area (Å²) in [5.74, 6) is 0.200. The molecule has 2 rings (SSSR count). The Morgan fingerprint density at radius 3 is 2.23 bits per heavy atom. The molecule has 13 heavy (non-hydrogen) atoms. The zero-order valence-corrected chi connectivity index (χ0v) is 7.30. The van der Waals surface area contributed by atoms with Gasteiger partial charge in [0.2, 0.25) is 6.17 Å². The van der Waals surface area contributed by atoms with Crippen LogP contribution in [0.2, 0.25) is 0 Å². The number of hydroxylamine groups is 2. The van der Waals surface area contributed by atoms with E-state index in [0.717, 1.165) is 30.6 Å². The Bertz CT molecular complexity index is 225. The van der Waals surface area contributed by atoms with Gasteiger partial charge >= 0.3 is 0 Å². The lowest BCUT2D eigenvalue weighted by Crippen LogP contribution is -2.31. The van der Waals surface area contributed by atoms with Crippen LogP contribution >= 0.6 is 0 Å². The van der Waals surface area contributed by atoms with Crippen LogP contribution in [0.4, 0.5) is 0 Å². The molecule has 1 unspecified atom stereocenters. The second-order valence-corrected chi connectivity index (χ2v) is 3.57. The fourth-order valence-corrected chi connectivity index (χ4v) is 1.98. The minimum Gasteiger partial charge on any atom is -0.288 e. The first-order valence-corrected chi connectivity index (χ1v) is 4.60. The molecule has 1 aromatic rings. The molecule has 1 heterocycles. The lowest BCUT2D eigenvalue weighted by atomic mass is 9.87. The second-order valence-electron chi connectivity index (χ2n) is 3.57. The minimum absolute atomic E-state index is 0.170. The molecule has 0 radical (unpaired) electrons. The quantitative estimate of drug-likeness (QED) is 0.561. The zero-order chi connectivity index (χ0) is 9.26. The van der Waals surface area contributed by atoms with Gasteiger partial charge in [0.1, 0.15) is 0 Å². The zero-order valence-electron chi connectivity index (χ0n) is 7.30. The van der Waals surface area contributed by atoms with Crippen LogP contribution in [0.15, 0.2) is 9.36 Å². The Hall–Kier alpha value is -0.720. The predicted octanol–water partition coefficient (Wildman–Crippen LogP) is 1.83. The topological polar surface area (TPSA) is 74.9 Å². The number of hydrogen-bond donors (Lipinski definition) is 2. The van der Waals surface area contributed by atoms with Crippen LogP contribution in [-0.4, -0.2) is 20.6 Å². The largest absolute Gasteiger partial charge is 0.288 e. The van der Waals surface area contributed by atoms with Crippen molar-refractivity contribution in [1.82, 2.24) is 10.1 Å². The normalized spacial score (nSPS) is 22.7. The maximum absolute atomic E-state index is 8.96. The average Bonchev–Trinajstić information content (AvgIpc) is 2.90. The molecular weight excluding hydrogens is 176 g/mol. The maximum atomic E-state index is 8.96. The smallest absolute Gasteiger partial charge is 0.214 e. The summed E-state index contributed by atoms with van der Waals surface area (Å²) in [4.78, 5) is 1.11. The summed E-state index contributed by atoms with van der Waals surface area (Å²) in [6.07, 6.45) is 4.85. The van der Waals surface area contributed by atoms with Gasteiger partial charge in [-0.15, -0.1) is 9.36 Å². The number of rotatable bonds is 3. The molecule has 2 N–H and O–H groups in total. The van der Waals surface area contributed by atoms with Crippen molar-refractivity contribution in [2.24, 2.45) is 5.92 Å². The van der Waals surface area contributed by atoms with E-state index in [-0.39, 0.29) is 11.1 Å². The molecule has 0 saturated heterocycles. The highest BCUT2D eigenvalue weighted by Crippen LogP contribution is 2.34. The summed E-state index contributed by atoms with van der Waals surface area (Å²) >= 11 is 0. The standard InChI is InChI=1S/C7H14N2O4/c10-8(11)7(9-12-13-9)6-4-2-1-3-5-6/h6-7,10-11H,1-5H2. The molecule has 0 spiro atoms. The Morgan fingerprint density at radius 2 is 1.77 bits per heavy atom. The van der Waals surface area contributed by atoms with E-state index in [0.29, 0.717) is 0 Å². The molecule has 0 bridgehead atoms. The van der Waals surface area contributed by atoms with Crippen LogP contribution in [-0.2, 0) is 0 Å². The molecule has 1 atom stereocenters. The monoisotopic (exact) mass is 190 g/mol. The first-order valence-electron chi connectivity index (χ1n) is 4.60. The summed E-state index contributed by atoms with van der Waals surface area (Å²) in [7, 11) is 0. The fraction of sp³-hybridized carbons (Fsp3) is 1.00. The van der Waals surface area contributed by atoms with Gasteiger partial charge in [0.15, 0.2) is 0 Å². The third-order valence-corrected chi connectivity index (χ3v) is 2.68. The number of hydrogen-bond acceptors (Lipinski definition) is 5. The van der Waals surface area contributed by atoms with E-state index in [1.54, 1.807) is 0 Å². The summed E-state index contributed by atoms with van der Waals surface area (Å²) in [6, 6.07) is 0. The van der Waals surface area contributed by atoms with Crippen molar-refractivity contribution in [2.75, 3.05) is 0 Å². The van der Waals surface area contributed by atoms with Gasteiger partial charge in [-0.25, -0.2) is 0 Å². The van der Waals surface area contributed by atoms with Crippen molar-refractivity contribution < 1.29 is 19.8 Å². The molecule has 0 amide bonds. The minimum atomic E-state index is -0.583. The molecule has 6 heteroatoms. The van der Waals surface area contributed by atoms with E-state index in [4.69, 9.17) is 10.4 Å². The molecule has 0 aliphatic heterocycles. The molecule has 6 nitrogen and oxygen atoms in total. The average molecular weight is 190 g/mol. The lowest BCUT2D eigenvalue weighted by Gasteiger charge is -2.26. The van der Waals surface area contributed by atoms with E-state index in [1.165, 1.54) is 6.42 Å². The van der Waals surface area contributed by atoms with E-state index in [1.807, 2.05) is 0 Å². The molecule has 1 saturated carbocycles. The van der Waals surface area contributed by atoms with Crippen molar-refractivity contribution in [3.05, 3.63) is 0 Å². The highest BCUT2D eigenvalue weighted by molar-refractivity contribution is 4.70. The predicted molar refractivity (Wildman–Crippen MR) is 40.0 cm³/mol.